The number of anilines is 1. The maximum Gasteiger partial charge on any atom is 0.254 e. The molecule has 0 bridgehead atoms. The number of ketones is 1. The first kappa shape index (κ1) is 27.9. The lowest BCUT2D eigenvalue weighted by Crippen LogP contribution is -2.32. The Morgan fingerprint density at radius 2 is 1.76 bits per heavy atom. The smallest absolute Gasteiger partial charge is 0.254 e. The molecule has 0 aliphatic carbocycles. The SMILES string of the molecule is CN(C)S(=O)(=O)CC(=O)c1csc(CN(CCCc2ccccc2)C(=O)c2cccc(N3CCCC3)c2)n1. The number of nitrogens with zero attached hydrogens (tertiary/aromatic N) is 4. The number of Topliss-reactive ketones (excluding diaryl/α,β-unsaturated/α-hetero) is 1. The number of carbonyl (C=O) groups is 2. The van der Waals surface area contributed by atoms with Gasteiger partial charge < -0.3 is 9.80 Å². The van der Waals surface area contributed by atoms with E-state index in [1.54, 1.807) is 10.3 Å². The monoisotopic (exact) mass is 554 g/mol. The highest BCUT2D eigenvalue weighted by atomic mass is 32.2. The molecule has 1 amide bonds. The Morgan fingerprint density at radius 3 is 2.47 bits per heavy atom. The predicted octanol–water partition coefficient (Wildman–Crippen LogP) is 4.09. The van der Waals surface area contributed by atoms with Gasteiger partial charge in [0.2, 0.25) is 10.0 Å². The first-order valence-corrected chi connectivity index (χ1v) is 15.3. The summed E-state index contributed by atoms with van der Waals surface area (Å²) in [7, 11) is -0.887. The third-order valence-electron chi connectivity index (χ3n) is 6.62. The van der Waals surface area contributed by atoms with Crippen LogP contribution in [-0.2, 0) is 23.0 Å². The number of amides is 1. The third-order valence-corrected chi connectivity index (χ3v) is 9.19. The molecule has 0 unspecified atom stereocenters. The molecule has 0 atom stereocenters. The molecule has 202 valence electrons. The Bertz CT molecular complexity index is 1350. The summed E-state index contributed by atoms with van der Waals surface area (Å²) in [5.41, 5.74) is 3.00. The number of rotatable bonds is 12. The van der Waals surface area contributed by atoms with Crippen molar-refractivity contribution in [2.24, 2.45) is 0 Å². The Hall–Kier alpha value is -3.08. The molecule has 1 aliphatic rings. The van der Waals surface area contributed by atoms with Gasteiger partial charge in [0, 0.05) is 50.4 Å². The van der Waals surface area contributed by atoms with Gasteiger partial charge in [-0.05, 0) is 49.4 Å². The molecule has 1 saturated heterocycles. The van der Waals surface area contributed by atoms with Crippen LogP contribution in [0.1, 0.15) is 50.7 Å². The van der Waals surface area contributed by atoms with Gasteiger partial charge in [0.05, 0.1) is 6.54 Å². The van der Waals surface area contributed by atoms with Crippen LogP contribution < -0.4 is 4.90 Å². The van der Waals surface area contributed by atoms with E-state index in [1.807, 2.05) is 42.5 Å². The number of hydrogen-bond acceptors (Lipinski definition) is 7. The predicted molar refractivity (Wildman–Crippen MR) is 151 cm³/mol. The van der Waals surface area contributed by atoms with Gasteiger partial charge in [-0.3, -0.25) is 9.59 Å². The quantitative estimate of drug-likeness (QED) is 0.313. The molecule has 1 fully saturated rings. The summed E-state index contributed by atoms with van der Waals surface area (Å²) in [6.45, 7) is 2.77. The summed E-state index contributed by atoms with van der Waals surface area (Å²) in [5, 5.41) is 2.17. The summed E-state index contributed by atoms with van der Waals surface area (Å²) >= 11 is 1.26. The van der Waals surface area contributed by atoms with Crippen molar-refractivity contribution in [1.29, 1.82) is 0 Å². The summed E-state index contributed by atoms with van der Waals surface area (Å²) in [5.74, 6) is -1.27. The highest BCUT2D eigenvalue weighted by Crippen LogP contribution is 2.23. The van der Waals surface area contributed by atoms with Gasteiger partial charge in [-0.15, -0.1) is 11.3 Å². The first-order chi connectivity index (χ1) is 18.2. The lowest BCUT2D eigenvalue weighted by atomic mass is 10.1. The molecule has 1 aromatic heterocycles. The zero-order chi connectivity index (χ0) is 27.1. The number of aromatic nitrogens is 1. The van der Waals surface area contributed by atoms with Crippen LogP contribution in [0.4, 0.5) is 5.69 Å². The average molecular weight is 555 g/mol. The minimum absolute atomic E-state index is 0.0858. The van der Waals surface area contributed by atoms with Gasteiger partial charge in [0.15, 0.2) is 5.78 Å². The molecule has 8 nitrogen and oxygen atoms in total. The molecule has 1 aliphatic heterocycles. The molecule has 4 rings (SSSR count). The number of thiazole rings is 1. The van der Waals surface area contributed by atoms with E-state index in [-0.39, 0.29) is 18.1 Å². The van der Waals surface area contributed by atoms with Crippen LogP contribution in [0.25, 0.3) is 0 Å². The van der Waals surface area contributed by atoms with E-state index in [2.05, 4.69) is 22.0 Å². The lowest BCUT2D eigenvalue weighted by molar-refractivity contribution is 0.0741. The summed E-state index contributed by atoms with van der Waals surface area (Å²) in [6, 6.07) is 17.9. The lowest BCUT2D eigenvalue weighted by Gasteiger charge is -2.23. The Kier molecular flexibility index (Phi) is 9.30. The minimum atomic E-state index is -3.68. The van der Waals surface area contributed by atoms with Gasteiger partial charge in [-0.1, -0.05) is 36.4 Å². The number of aryl methyl sites for hydroxylation is 1. The molecular weight excluding hydrogens is 520 g/mol. The van der Waals surface area contributed by atoms with E-state index in [4.69, 9.17) is 0 Å². The van der Waals surface area contributed by atoms with Gasteiger partial charge in [0.25, 0.3) is 5.91 Å². The maximum absolute atomic E-state index is 13.7. The van der Waals surface area contributed by atoms with Crippen LogP contribution in [-0.4, -0.2) is 73.8 Å². The van der Waals surface area contributed by atoms with Crippen LogP contribution in [0.3, 0.4) is 0 Å². The third kappa shape index (κ3) is 7.27. The number of sulfonamides is 1. The normalized spacial score (nSPS) is 13.7. The highest BCUT2D eigenvalue weighted by Gasteiger charge is 2.24. The van der Waals surface area contributed by atoms with Crippen LogP contribution in [0.15, 0.2) is 60.0 Å². The molecule has 0 spiro atoms. The largest absolute Gasteiger partial charge is 0.372 e. The summed E-state index contributed by atoms with van der Waals surface area (Å²) < 4.78 is 25.3. The fourth-order valence-electron chi connectivity index (χ4n) is 4.41. The number of benzene rings is 2. The second kappa shape index (κ2) is 12.6. The van der Waals surface area contributed by atoms with Crippen molar-refractivity contribution < 1.29 is 18.0 Å². The molecule has 2 heterocycles. The van der Waals surface area contributed by atoms with Crippen molar-refractivity contribution in [3.63, 3.8) is 0 Å². The summed E-state index contributed by atoms with van der Waals surface area (Å²) in [6.07, 6.45) is 3.93. The van der Waals surface area contributed by atoms with Crippen LogP contribution in [0.2, 0.25) is 0 Å². The average Bonchev–Trinajstić information content (AvgIpc) is 3.61. The van der Waals surface area contributed by atoms with E-state index in [0.717, 1.165) is 48.8 Å². The second-order valence-electron chi connectivity index (χ2n) is 9.65. The fraction of sp³-hybridized carbons (Fsp3) is 0.393. The molecule has 0 saturated carbocycles. The van der Waals surface area contributed by atoms with Crippen LogP contribution in [0.5, 0.6) is 0 Å². The van der Waals surface area contributed by atoms with Gasteiger partial charge in [-0.25, -0.2) is 17.7 Å². The van der Waals surface area contributed by atoms with Crippen LogP contribution in [0, 0.1) is 0 Å². The van der Waals surface area contributed by atoms with Crippen molar-refractivity contribution in [2.45, 2.75) is 32.2 Å². The molecule has 2 aromatic carbocycles. The Balaban J connectivity index is 1.50. The van der Waals surface area contributed by atoms with E-state index in [9.17, 15) is 18.0 Å². The molecule has 0 N–H and O–H groups in total. The zero-order valence-electron chi connectivity index (χ0n) is 21.9. The topological polar surface area (TPSA) is 90.9 Å². The molecule has 3 aromatic rings. The van der Waals surface area contributed by atoms with Gasteiger partial charge >= 0.3 is 0 Å². The van der Waals surface area contributed by atoms with Gasteiger partial charge in [-0.2, -0.15) is 0 Å². The molecule has 10 heteroatoms. The van der Waals surface area contributed by atoms with Crippen molar-refractivity contribution in [3.05, 3.63) is 81.8 Å². The minimum Gasteiger partial charge on any atom is -0.372 e. The van der Waals surface area contributed by atoms with Gasteiger partial charge in [0.1, 0.15) is 16.5 Å². The molecule has 38 heavy (non-hydrogen) atoms. The number of hydrogen-bond donors (Lipinski definition) is 0. The fourth-order valence-corrected chi connectivity index (χ4v) is 5.96. The second-order valence-corrected chi connectivity index (χ2v) is 12.8. The first-order valence-electron chi connectivity index (χ1n) is 12.8. The van der Waals surface area contributed by atoms with Crippen molar-refractivity contribution in [3.8, 4) is 0 Å². The van der Waals surface area contributed by atoms with Crippen molar-refractivity contribution in [2.75, 3.05) is 44.4 Å². The zero-order valence-corrected chi connectivity index (χ0v) is 23.5. The van der Waals surface area contributed by atoms with Crippen molar-refractivity contribution in [1.82, 2.24) is 14.2 Å². The summed E-state index contributed by atoms with van der Waals surface area (Å²) in [4.78, 5) is 34.7. The van der Waals surface area contributed by atoms with E-state index in [0.29, 0.717) is 17.1 Å². The Labute approximate surface area is 229 Å². The van der Waals surface area contributed by atoms with Crippen molar-refractivity contribution >= 4 is 38.7 Å². The van der Waals surface area contributed by atoms with E-state index in [1.165, 1.54) is 31.0 Å². The molecular formula is C28H34N4O4S2. The standard InChI is InChI=1S/C28H34N4O4S2/c1-30(2)38(35,36)21-26(33)25-20-37-27(29-25)19-32(17-9-12-22-10-4-3-5-11-22)28(34)23-13-8-14-24(18-23)31-15-6-7-16-31/h3-5,8,10-11,13-14,18,20H,6-7,9,12,15-17,19,21H2,1-2H3. The van der Waals surface area contributed by atoms with E-state index >= 15 is 0 Å². The van der Waals surface area contributed by atoms with Crippen LogP contribution >= 0.6 is 11.3 Å². The molecule has 0 radical (unpaired) electrons. The Morgan fingerprint density at radius 1 is 1.03 bits per heavy atom. The maximum atomic E-state index is 13.7. The highest BCUT2D eigenvalue weighted by molar-refractivity contribution is 7.89. The number of carbonyl (C=O) groups excluding carboxylic acids is 2. The van der Waals surface area contributed by atoms with E-state index < -0.39 is 21.6 Å².